The molecule has 0 bridgehead atoms. The van der Waals surface area contributed by atoms with Crippen molar-refractivity contribution in [3.63, 3.8) is 0 Å². The number of ketones is 1. The Morgan fingerprint density at radius 2 is 1.70 bits per heavy atom. The molecule has 0 atom stereocenters. The van der Waals surface area contributed by atoms with Crippen molar-refractivity contribution in [2.45, 2.75) is 13.3 Å². The number of carbonyl (C=O) groups excluding carboxylic acids is 2. The summed E-state index contributed by atoms with van der Waals surface area (Å²) in [6, 6.07) is 17.4. The van der Waals surface area contributed by atoms with E-state index < -0.39 is 5.97 Å². The summed E-state index contributed by atoms with van der Waals surface area (Å²) in [7, 11) is 0. The van der Waals surface area contributed by atoms with Crippen molar-refractivity contribution in [3.8, 4) is 0 Å². The molecule has 0 saturated carbocycles. The lowest BCUT2D eigenvalue weighted by Crippen LogP contribution is -2.12. The first-order valence-corrected chi connectivity index (χ1v) is 9.76. The highest BCUT2D eigenvalue weighted by molar-refractivity contribution is 6.15. The fraction of sp³-hybridized carbons (Fsp3) is 0.125. The summed E-state index contributed by atoms with van der Waals surface area (Å²) < 4.78 is 5.49. The van der Waals surface area contributed by atoms with Gasteiger partial charge in [-0.1, -0.05) is 36.4 Å². The van der Waals surface area contributed by atoms with Crippen LogP contribution in [0.3, 0.4) is 0 Å². The Bertz CT molecular complexity index is 1430. The average molecular weight is 397 g/mol. The fourth-order valence-corrected chi connectivity index (χ4v) is 3.87. The molecule has 6 nitrogen and oxygen atoms in total. The molecule has 0 unspecified atom stereocenters. The first kappa shape index (κ1) is 18.1. The number of benzene rings is 2. The smallest absolute Gasteiger partial charge is 0.356 e. The molecule has 6 heteroatoms. The van der Waals surface area contributed by atoms with Gasteiger partial charge in [0.25, 0.3) is 0 Å². The highest BCUT2D eigenvalue weighted by Crippen LogP contribution is 2.28. The molecule has 0 amide bonds. The summed E-state index contributed by atoms with van der Waals surface area (Å²) in [5.41, 5.74) is 4.04. The zero-order valence-corrected chi connectivity index (χ0v) is 16.4. The molecule has 0 aliphatic rings. The molecule has 0 fully saturated rings. The SMILES string of the molecule is CC(=O)c1nc(C(=O)OCCc2c[nH]c3ccccc23)cc2c1[nH]c1ccccc12. The molecular formula is C24H19N3O3. The van der Waals surface area contributed by atoms with E-state index >= 15 is 0 Å². The van der Waals surface area contributed by atoms with E-state index in [-0.39, 0.29) is 23.8 Å². The molecule has 30 heavy (non-hydrogen) atoms. The highest BCUT2D eigenvalue weighted by atomic mass is 16.5. The Morgan fingerprint density at radius 1 is 0.967 bits per heavy atom. The van der Waals surface area contributed by atoms with Gasteiger partial charge in [-0.2, -0.15) is 0 Å². The zero-order valence-electron chi connectivity index (χ0n) is 16.4. The number of fused-ring (bicyclic) bond motifs is 4. The van der Waals surface area contributed by atoms with Crippen LogP contribution in [0, 0.1) is 0 Å². The van der Waals surface area contributed by atoms with Gasteiger partial charge in [-0.05, 0) is 23.8 Å². The normalized spacial score (nSPS) is 11.4. The number of hydrogen-bond acceptors (Lipinski definition) is 4. The van der Waals surface area contributed by atoms with Gasteiger partial charge in [0.15, 0.2) is 5.78 Å². The molecule has 3 aromatic heterocycles. The van der Waals surface area contributed by atoms with E-state index in [1.54, 1.807) is 6.07 Å². The molecule has 0 radical (unpaired) electrons. The van der Waals surface area contributed by atoms with Crippen molar-refractivity contribution in [1.29, 1.82) is 0 Å². The largest absolute Gasteiger partial charge is 0.461 e. The quantitative estimate of drug-likeness (QED) is 0.329. The van der Waals surface area contributed by atoms with Crippen LogP contribution < -0.4 is 0 Å². The van der Waals surface area contributed by atoms with E-state index in [1.165, 1.54) is 6.92 Å². The van der Waals surface area contributed by atoms with Gasteiger partial charge in [0.1, 0.15) is 11.4 Å². The summed E-state index contributed by atoms with van der Waals surface area (Å²) in [5.74, 6) is -0.746. The number of rotatable bonds is 5. The van der Waals surface area contributed by atoms with E-state index in [1.807, 2.05) is 54.7 Å². The van der Waals surface area contributed by atoms with E-state index in [0.717, 1.165) is 32.8 Å². The van der Waals surface area contributed by atoms with Gasteiger partial charge >= 0.3 is 5.97 Å². The van der Waals surface area contributed by atoms with Crippen LogP contribution in [0.5, 0.6) is 0 Å². The van der Waals surface area contributed by atoms with Crippen LogP contribution in [-0.2, 0) is 11.2 Å². The number of nitrogens with one attached hydrogen (secondary N) is 2. The minimum atomic E-state index is -0.537. The number of hydrogen-bond donors (Lipinski definition) is 2. The number of aromatic amines is 2. The topological polar surface area (TPSA) is 87.8 Å². The third-order valence-corrected chi connectivity index (χ3v) is 5.32. The molecule has 148 valence electrons. The molecule has 2 aromatic carbocycles. The summed E-state index contributed by atoms with van der Waals surface area (Å²) in [5, 5.41) is 2.84. The second kappa shape index (κ2) is 7.15. The molecule has 5 aromatic rings. The van der Waals surface area contributed by atoms with Crippen LogP contribution in [0.1, 0.15) is 33.5 Å². The molecule has 0 saturated heterocycles. The third kappa shape index (κ3) is 3.03. The van der Waals surface area contributed by atoms with Crippen molar-refractivity contribution in [2.24, 2.45) is 0 Å². The van der Waals surface area contributed by atoms with Crippen LogP contribution in [0.2, 0.25) is 0 Å². The van der Waals surface area contributed by atoms with Crippen molar-refractivity contribution in [2.75, 3.05) is 6.61 Å². The van der Waals surface area contributed by atoms with Crippen molar-refractivity contribution in [3.05, 3.63) is 77.7 Å². The van der Waals surface area contributed by atoms with Gasteiger partial charge in [0.05, 0.1) is 12.1 Å². The van der Waals surface area contributed by atoms with Gasteiger partial charge < -0.3 is 14.7 Å². The molecule has 5 rings (SSSR count). The molecule has 0 spiro atoms. The summed E-state index contributed by atoms with van der Waals surface area (Å²) in [4.78, 5) is 35.6. The number of Topliss-reactive ketones (excluding diaryl/α,β-unsaturated/α-hetero) is 1. The highest BCUT2D eigenvalue weighted by Gasteiger charge is 2.19. The van der Waals surface area contributed by atoms with Gasteiger partial charge in [-0.3, -0.25) is 4.79 Å². The van der Waals surface area contributed by atoms with Crippen LogP contribution in [0.15, 0.2) is 60.8 Å². The average Bonchev–Trinajstić information content (AvgIpc) is 3.34. The lowest BCUT2D eigenvalue weighted by atomic mass is 10.1. The summed E-state index contributed by atoms with van der Waals surface area (Å²) in [6.07, 6.45) is 2.52. The number of para-hydroxylation sites is 2. The zero-order chi connectivity index (χ0) is 20.7. The Labute approximate surface area is 171 Å². The third-order valence-electron chi connectivity index (χ3n) is 5.32. The molecule has 0 aliphatic heterocycles. The van der Waals surface area contributed by atoms with E-state index in [0.29, 0.717) is 11.9 Å². The minimum Gasteiger partial charge on any atom is -0.461 e. The number of carbonyl (C=O) groups is 2. The molecule has 0 aliphatic carbocycles. The minimum absolute atomic E-state index is 0.136. The van der Waals surface area contributed by atoms with Crippen LogP contribution >= 0.6 is 0 Å². The van der Waals surface area contributed by atoms with Gasteiger partial charge in [-0.15, -0.1) is 0 Å². The predicted molar refractivity (Wildman–Crippen MR) is 116 cm³/mol. The maximum absolute atomic E-state index is 12.7. The van der Waals surface area contributed by atoms with E-state index in [4.69, 9.17) is 4.74 Å². The van der Waals surface area contributed by atoms with Crippen molar-refractivity contribution >= 4 is 44.5 Å². The van der Waals surface area contributed by atoms with Gasteiger partial charge in [-0.25, -0.2) is 9.78 Å². The lowest BCUT2D eigenvalue weighted by Gasteiger charge is -2.06. The monoisotopic (exact) mass is 397 g/mol. The summed E-state index contributed by atoms with van der Waals surface area (Å²) >= 11 is 0. The maximum atomic E-state index is 12.7. The maximum Gasteiger partial charge on any atom is 0.356 e. The number of H-pyrrole nitrogens is 2. The molecule has 2 N–H and O–H groups in total. The van der Waals surface area contributed by atoms with Gasteiger partial charge in [0.2, 0.25) is 0 Å². The first-order valence-electron chi connectivity index (χ1n) is 9.76. The Balaban J connectivity index is 1.43. The van der Waals surface area contributed by atoms with Crippen LogP contribution in [-0.4, -0.2) is 33.3 Å². The first-order chi connectivity index (χ1) is 14.6. The Hall–Kier alpha value is -3.93. The van der Waals surface area contributed by atoms with E-state index in [9.17, 15) is 9.59 Å². The standard InChI is InChI=1S/C24H19N3O3/c1-14(28)22-23-18(17-7-3-5-9-20(17)26-23)12-21(27-22)24(29)30-11-10-15-13-25-19-8-4-2-6-16(15)19/h2-9,12-13,25-26H,10-11H2,1H3. The molecule has 3 heterocycles. The van der Waals surface area contributed by atoms with E-state index in [2.05, 4.69) is 15.0 Å². The number of ether oxygens (including phenoxy) is 1. The Kier molecular flexibility index (Phi) is 4.32. The van der Waals surface area contributed by atoms with Crippen molar-refractivity contribution < 1.29 is 14.3 Å². The summed E-state index contributed by atoms with van der Waals surface area (Å²) in [6.45, 7) is 1.67. The number of esters is 1. The number of nitrogens with zero attached hydrogens (tertiary/aromatic N) is 1. The lowest BCUT2D eigenvalue weighted by molar-refractivity contribution is 0.0503. The van der Waals surface area contributed by atoms with Crippen LogP contribution in [0.25, 0.3) is 32.7 Å². The molecular weight excluding hydrogens is 378 g/mol. The fourth-order valence-electron chi connectivity index (χ4n) is 3.87. The number of pyridine rings is 1. The van der Waals surface area contributed by atoms with Crippen molar-refractivity contribution in [1.82, 2.24) is 15.0 Å². The second-order valence-electron chi connectivity index (χ2n) is 7.25. The predicted octanol–water partition coefficient (Wildman–Crippen LogP) is 4.80. The Morgan fingerprint density at radius 3 is 2.50 bits per heavy atom. The second-order valence-corrected chi connectivity index (χ2v) is 7.25. The number of aromatic nitrogens is 3. The van der Waals surface area contributed by atoms with Crippen LogP contribution in [0.4, 0.5) is 0 Å². The van der Waals surface area contributed by atoms with Gasteiger partial charge in [0, 0.05) is 46.7 Å².